The number of pyridine rings is 1. The van der Waals surface area contributed by atoms with Gasteiger partial charge in [-0.1, -0.05) is 18.2 Å². The van der Waals surface area contributed by atoms with Crippen molar-refractivity contribution in [3.8, 4) is 0 Å². The van der Waals surface area contributed by atoms with Crippen LogP contribution in [0, 0.1) is 0 Å². The number of carbonyl (C=O) groups excluding carboxylic acids is 1. The number of hydrogen-bond acceptors (Lipinski definition) is 5. The Balaban J connectivity index is 1.19. The Hall–Kier alpha value is -3.23. The van der Waals surface area contributed by atoms with Gasteiger partial charge in [-0.25, -0.2) is 9.50 Å². The lowest BCUT2D eigenvalue weighted by molar-refractivity contribution is -0.00461. The topological polar surface area (TPSA) is 73.9 Å². The molecule has 0 radical (unpaired) electrons. The number of imidazole rings is 1. The average Bonchev–Trinajstić information content (AvgIpc) is 3.49. The molecular weight excluding hydrogens is 382 g/mol. The summed E-state index contributed by atoms with van der Waals surface area (Å²) in [7, 11) is 0. The van der Waals surface area contributed by atoms with Crippen LogP contribution in [0.3, 0.4) is 0 Å². The Labute approximate surface area is 172 Å². The number of benzene rings is 1. The van der Waals surface area contributed by atoms with Crippen molar-refractivity contribution in [1.29, 1.82) is 0 Å². The minimum absolute atomic E-state index is 0.0540. The molecule has 0 unspecified atom stereocenters. The second-order valence-corrected chi connectivity index (χ2v) is 7.83. The molecule has 0 N–H and O–H groups in total. The van der Waals surface area contributed by atoms with Gasteiger partial charge in [-0.2, -0.15) is 5.10 Å². The van der Waals surface area contributed by atoms with Gasteiger partial charge >= 0.3 is 0 Å². The van der Waals surface area contributed by atoms with E-state index >= 15 is 0 Å². The number of ether oxygens (including phenoxy) is 2. The van der Waals surface area contributed by atoms with E-state index in [2.05, 4.69) is 20.7 Å². The van der Waals surface area contributed by atoms with Crippen molar-refractivity contribution < 1.29 is 14.3 Å². The largest absolute Gasteiger partial charge is 0.371 e. The summed E-state index contributed by atoms with van der Waals surface area (Å²) in [6.07, 6.45) is 3.28. The predicted octanol–water partition coefficient (Wildman–Crippen LogP) is 2.17. The Morgan fingerprint density at radius 1 is 0.967 bits per heavy atom. The van der Waals surface area contributed by atoms with Crippen LogP contribution < -0.4 is 0 Å². The van der Waals surface area contributed by atoms with E-state index in [1.165, 1.54) is 0 Å². The van der Waals surface area contributed by atoms with Crippen LogP contribution in [0.4, 0.5) is 0 Å². The molecule has 2 fully saturated rings. The molecule has 2 atom stereocenters. The Morgan fingerprint density at radius 2 is 1.77 bits per heavy atom. The SMILES string of the molecule is O=C(c1cccc2ccnn12)N1C[C@@H]2OCC(n3cnc4ccccc43)CO[C@H]2C1. The first-order valence-corrected chi connectivity index (χ1v) is 10.1. The number of aromatic nitrogens is 4. The van der Waals surface area contributed by atoms with Gasteiger partial charge in [0.05, 0.1) is 48.3 Å². The van der Waals surface area contributed by atoms with Crippen LogP contribution in [-0.4, -0.2) is 68.5 Å². The lowest BCUT2D eigenvalue weighted by atomic mass is 10.2. The van der Waals surface area contributed by atoms with Crippen LogP contribution in [0.1, 0.15) is 16.5 Å². The van der Waals surface area contributed by atoms with Gasteiger partial charge in [0, 0.05) is 13.1 Å². The fourth-order valence-corrected chi connectivity index (χ4v) is 4.45. The monoisotopic (exact) mass is 403 g/mol. The summed E-state index contributed by atoms with van der Waals surface area (Å²) >= 11 is 0. The lowest BCUT2D eigenvalue weighted by Crippen LogP contribution is -2.32. The van der Waals surface area contributed by atoms with Crippen molar-refractivity contribution in [2.24, 2.45) is 0 Å². The molecule has 6 rings (SSSR count). The summed E-state index contributed by atoms with van der Waals surface area (Å²) in [6, 6.07) is 15.6. The Morgan fingerprint density at radius 3 is 2.60 bits per heavy atom. The van der Waals surface area contributed by atoms with E-state index in [4.69, 9.17) is 9.47 Å². The number of amides is 1. The van der Waals surface area contributed by atoms with E-state index in [-0.39, 0.29) is 24.2 Å². The smallest absolute Gasteiger partial charge is 0.272 e. The van der Waals surface area contributed by atoms with Crippen LogP contribution in [-0.2, 0) is 9.47 Å². The molecule has 4 aromatic rings. The number of rotatable bonds is 2. The first-order chi connectivity index (χ1) is 14.8. The first kappa shape index (κ1) is 17.6. The molecule has 0 aliphatic carbocycles. The average molecular weight is 403 g/mol. The van der Waals surface area contributed by atoms with Gasteiger partial charge in [0.1, 0.15) is 17.9 Å². The minimum atomic E-state index is -0.134. The minimum Gasteiger partial charge on any atom is -0.371 e. The second kappa shape index (κ2) is 6.93. The van der Waals surface area contributed by atoms with Gasteiger partial charge in [0.25, 0.3) is 5.91 Å². The van der Waals surface area contributed by atoms with Crippen LogP contribution in [0.25, 0.3) is 16.6 Å². The van der Waals surface area contributed by atoms with Gasteiger partial charge < -0.3 is 18.9 Å². The maximum Gasteiger partial charge on any atom is 0.272 e. The molecule has 0 spiro atoms. The summed E-state index contributed by atoms with van der Waals surface area (Å²) < 4.78 is 16.2. The van der Waals surface area contributed by atoms with Crippen molar-refractivity contribution in [2.45, 2.75) is 18.2 Å². The fraction of sp³-hybridized carbons (Fsp3) is 0.318. The molecule has 1 aromatic carbocycles. The number of hydrogen-bond donors (Lipinski definition) is 0. The van der Waals surface area contributed by atoms with Crippen LogP contribution in [0.15, 0.2) is 61.1 Å². The molecule has 152 valence electrons. The number of nitrogens with zero attached hydrogens (tertiary/aromatic N) is 5. The molecule has 30 heavy (non-hydrogen) atoms. The van der Waals surface area contributed by atoms with Crippen molar-refractivity contribution in [2.75, 3.05) is 26.3 Å². The zero-order chi connectivity index (χ0) is 20.1. The normalized spacial score (nSPS) is 22.5. The molecule has 8 heteroatoms. The zero-order valence-electron chi connectivity index (χ0n) is 16.3. The van der Waals surface area contributed by atoms with Crippen molar-refractivity contribution in [3.63, 3.8) is 0 Å². The quantitative estimate of drug-likeness (QED) is 0.513. The molecule has 2 saturated heterocycles. The molecule has 5 heterocycles. The van der Waals surface area contributed by atoms with E-state index in [9.17, 15) is 4.79 Å². The Bertz CT molecular complexity index is 1220. The number of carbonyl (C=O) groups is 1. The van der Waals surface area contributed by atoms with E-state index < -0.39 is 0 Å². The second-order valence-electron chi connectivity index (χ2n) is 7.83. The third kappa shape index (κ3) is 2.79. The van der Waals surface area contributed by atoms with E-state index in [1.807, 2.05) is 42.7 Å². The number of fused-ring (bicyclic) bond motifs is 3. The van der Waals surface area contributed by atoms with E-state index in [0.717, 1.165) is 16.6 Å². The molecule has 8 nitrogen and oxygen atoms in total. The first-order valence-electron chi connectivity index (χ1n) is 10.1. The van der Waals surface area contributed by atoms with Crippen LogP contribution in [0.2, 0.25) is 0 Å². The molecule has 1 amide bonds. The molecule has 0 saturated carbocycles. The van der Waals surface area contributed by atoms with Gasteiger partial charge in [-0.05, 0) is 30.3 Å². The molecular formula is C22H21N5O3. The maximum absolute atomic E-state index is 13.1. The summed E-state index contributed by atoms with van der Waals surface area (Å²) in [4.78, 5) is 19.4. The van der Waals surface area contributed by atoms with Gasteiger partial charge in [-0.3, -0.25) is 4.79 Å². The fourth-order valence-electron chi connectivity index (χ4n) is 4.45. The summed E-state index contributed by atoms with van der Waals surface area (Å²) in [5.74, 6) is -0.0540. The maximum atomic E-state index is 13.1. The van der Waals surface area contributed by atoms with E-state index in [1.54, 1.807) is 21.7 Å². The van der Waals surface area contributed by atoms with Crippen molar-refractivity contribution in [1.82, 2.24) is 24.1 Å². The third-order valence-electron chi connectivity index (χ3n) is 6.02. The highest BCUT2D eigenvalue weighted by Gasteiger charge is 2.40. The number of para-hydroxylation sites is 2. The van der Waals surface area contributed by atoms with Crippen LogP contribution >= 0.6 is 0 Å². The van der Waals surface area contributed by atoms with Gasteiger partial charge in [0.15, 0.2) is 0 Å². The van der Waals surface area contributed by atoms with Crippen LogP contribution in [0.5, 0.6) is 0 Å². The standard InChI is InChI=1S/C22H21N5O3/c28-22(19-7-3-4-15-8-9-24-27(15)19)25-10-20-21(11-25)30-13-16(12-29-20)26-14-23-17-5-1-2-6-18(17)26/h1-9,14,16,20-21H,10-13H2/t20-,21-/m0/s1. The van der Waals surface area contributed by atoms with Crippen molar-refractivity contribution >= 4 is 22.5 Å². The van der Waals surface area contributed by atoms with Gasteiger partial charge in [-0.15, -0.1) is 0 Å². The summed E-state index contributed by atoms with van der Waals surface area (Å²) in [5.41, 5.74) is 3.49. The highest BCUT2D eigenvalue weighted by molar-refractivity contribution is 5.93. The lowest BCUT2D eigenvalue weighted by Gasteiger charge is -2.20. The highest BCUT2D eigenvalue weighted by Crippen LogP contribution is 2.27. The zero-order valence-corrected chi connectivity index (χ0v) is 16.3. The van der Waals surface area contributed by atoms with E-state index in [0.29, 0.717) is 32.0 Å². The summed E-state index contributed by atoms with van der Waals surface area (Å²) in [5, 5.41) is 4.28. The third-order valence-corrected chi connectivity index (χ3v) is 6.02. The van der Waals surface area contributed by atoms with Crippen molar-refractivity contribution in [3.05, 3.63) is 66.7 Å². The Kier molecular flexibility index (Phi) is 4.07. The highest BCUT2D eigenvalue weighted by atomic mass is 16.6. The molecule has 2 aliphatic rings. The van der Waals surface area contributed by atoms with Gasteiger partial charge in [0.2, 0.25) is 0 Å². The molecule has 2 aliphatic heterocycles. The predicted molar refractivity (Wildman–Crippen MR) is 109 cm³/mol. The molecule has 3 aromatic heterocycles. The molecule has 0 bridgehead atoms. The summed E-state index contributed by atoms with van der Waals surface area (Å²) in [6.45, 7) is 2.08. The number of likely N-dealkylation sites (tertiary alicyclic amines) is 1.